The molecule has 1 amide bonds. The van der Waals surface area contributed by atoms with Gasteiger partial charge in [0.1, 0.15) is 0 Å². The highest BCUT2D eigenvalue weighted by Gasteiger charge is 2.41. The minimum Gasteiger partial charge on any atom is -0.404 e. The fraction of sp³-hybridized carbons (Fsp3) is 0.368. The average Bonchev–Trinajstić information content (AvgIpc) is 3.26. The number of amides is 1. The van der Waals surface area contributed by atoms with Crippen molar-refractivity contribution in [3.05, 3.63) is 59.6 Å². The molecule has 2 aliphatic heterocycles. The van der Waals surface area contributed by atoms with Gasteiger partial charge in [-0.15, -0.1) is 0 Å². The van der Waals surface area contributed by atoms with Gasteiger partial charge in [0, 0.05) is 24.5 Å². The largest absolute Gasteiger partial charge is 0.404 e. The second-order valence-corrected chi connectivity index (χ2v) is 7.18. The molecule has 1 unspecified atom stereocenters. The van der Waals surface area contributed by atoms with Crippen molar-refractivity contribution < 1.29 is 4.79 Å². The second kappa shape index (κ2) is 8.12. The number of primary amides is 1. The topological polar surface area (TPSA) is 179 Å². The molecule has 0 spiro atoms. The summed E-state index contributed by atoms with van der Waals surface area (Å²) < 4.78 is 0. The van der Waals surface area contributed by atoms with Gasteiger partial charge in [-0.1, -0.05) is 0 Å². The molecule has 0 aliphatic carbocycles. The first-order valence-electron chi connectivity index (χ1n) is 9.31. The van der Waals surface area contributed by atoms with Gasteiger partial charge in [-0.05, 0) is 50.0 Å². The average molecular weight is 384 g/mol. The van der Waals surface area contributed by atoms with E-state index >= 15 is 0 Å². The van der Waals surface area contributed by atoms with Crippen LogP contribution in [0.1, 0.15) is 31.4 Å². The van der Waals surface area contributed by atoms with Crippen molar-refractivity contribution >= 4 is 11.6 Å². The van der Waals surface area contributed by atoms with Crippen molar-refractivity contribution in [1.82, 2.24) is 9.88 Å². The lowest BCUT2D eigenvalue weighted by Gasteiger charge is -2.39. The number of nitrogens with zero attached hydrogens (tertiary/aromatic N) is 2. The Morgan fingerprint density at radius 2 is 1.82 bits per heavy atom. The van der Waals surface area contributed by atoms with Gasteiger partial charge in [0.2, 0.25) is 0 Å². The number of fused-ring (bicyclic) bond motifs is 2. The lowest BCUT2D eigenvalue weighted by atomic mass is 9.96. The highest BCUT2D eigenvalue weighted by atomic mass is 16.1. The molecule has 1 aromatic rings. The lowest BCUT2D eigenvalue weighted by molar-refractivity contribution is -0.114. The summed E-state index contributed by atoms with van der Waals surface area (Å²) in [5.41, 5.74) is 29.8. The first-order chi connectivity index (χ1) is 13.4. The number of aliphatic imine (C=N–C) groups is 1. The van der Waals surface area contributed by atoms with Gasteiger partial charge in [-0.3, -0.25) is 9.79 Å². The molecule has 1 aromatic heterocycles. The number of hydrogen-bond acceptors (Lipinski definition) is 7. The SMILES string of the molecule is NC=C(C(N)=O)C(=NC1C[C@H]2CC[C@@H](C1)N2/C(N)=C/C=C(N)N)c1ccc[nH]1. The summed E-state index contributed by atoms with van der Waals surface area (Å²) in [5, 5.41) is 0. The van der Waals surface area contributed by atoms with Crippen LogP contribution in [-0.4, -0.2) is 39.6 Å². The molecule has 9 heteroatoms. The summed E-state index contributed by atoms with van der Waals surface area (Å²) in [6, 6.07) is 4.29. The molecule has 9 nitrogen and oxygen atoms in total. The number of allylic oxidation sites excluding steroid dienone is 2. The van der Waals surface area contributed by atoms with Crippen LogP contribution in [0.4, 0.5) is 0 Å². The summed E-state index contributed by atoms with van der Waals surface area (Å²) in [6.07, 6.45) is 10.1. The van der Waals surface area contributed by atoms with Crippen LogP contribution in [-0.2, 0) is 4.79 Å². The highest BCUT2D eigenvalue weighted by Crippen LogP contribution is 2.38. The number of piperidine rings is 1. The van der Waals surface area contributed by atoms with Crippen molar-refractivity contribution in [1.29, 1.82) is 0 Å². The Kier molecular flexibility index (Phi) is 5.62. The van der Waals surface area contributed by atoms with E-state index in [2.05, 4.69) is 9.88 Å². The summed E-state index contributed by atoms with van der Waals surface area (Å²) in [6.45, 7) is 0. The van der Waals surface area contributed by atoms with E-state index in [1.807, 2.05) is 12.1 Å². The Morgan fingerprint density at radius 1 is 1.14 bits per heavy atom. The first-order valence-corrected chi connectivity index (χ1v) is 9.31. The van der Waals surface area contributed by atoms with Crippen LogP contribution in [0.25, 0.3) is 0 Å². The summed E-state index contributed by atoms with van der Waals surface area (Å²) >= 11 is 0. The molecule has 2 saturated heterocycles. The van der Waals surface area contributed by atoms with Crippen molar-refractivity contribution in [3.63, 3.8) is 0 Å². The van der Waals surface area contributed by atoms with E-state index in [0.717, 1.165) is 25.7 Å². The molecule has 11 N–H and O–H groups in total. The van der Waals surface area contributed by atoms with E-state index in [0.29, 0.717) is 17.2 Å². The fourth-order valence-corrected chi connectivity index (χ4v) is 4.17. The third kappa shape index (κ3) is 3.98. The molecule has 2 fully saturated rings. The molecule has 0 radical (unpaired) electrons. The number of carbonyl (C=O) groups is 1. The molecule has 3 heterocycles. The fourth-order valence-electron chi connectivity index (χ4n) is 4.17. The number of aromatic amines is 1. The molecule has 0 saturated carbocycles. The number of aromatic nitrogens is 1. The van der Waals surface area contributed by atoms with Gasteiger partial charge in [0.15, 0.2) is 0 Å². The van der Waals surface area contributed by atoms with Crippen LogP contribution < -0.4 is 28.7 Å². The van der Waals surface area contributed by atoms with Crippen LogP contribution in [0.5, 0.6) is 0 Å². The van der Waals surface area contributed by atoms with Crippen LogP contribution in [0.3, 0.4) is 0 Å². The van der Waals surface area contributed by atoms with E-state index in [9.17, 15) is 4.79 Å². The maximum absolute atomic E-state index is 11.8. The molecular formula is C19H28N8O. The number of H-pyrrole nitrogens is 1. The Labute approximate surface area is 164 Å². The van der Waals surface area contributed by atoms with Crippen molar-refractivity contribution in [2.75, 3.05) is 0 Å². The Bertz CT molecular complexity index is 818. The van der Waals surface area contributed by atoms with Gasteiger partial charge < -0.3 is 38.6 Å². The third-order valence-corrected chi connectivity index (χ3v) is 5.30. The van der Waals surface area contributed by atoms with E-state index in [1.165, 1.54) is 6.20 Å². The van der Waals surface area contributed by atoms with Crippen LogP contribution in [0, 0.1) is 0 Å². The van der Waals surface area contributed by atoms with Crippen molar-refractivity contribution in [3.8, 4) is 0 Å². The standard InChI is InChI=1S/C19H28N8O/c20-10-14(19(24)28)18(15-2-1-7-25-15)26-11-8-12-3-4-13(9-11)27(12)17(23)6-5-16(21)22/h1-2,5-7,10-13,25H,3-4,8-9,20-23H2,(H2,24,28)/b14-10?,17-6+,26-18?/t11?,12-,13+. The first kappa shape index (κ1) is 19.4. The number of hydrogen-bond donors (Lipinski definition) is 6. The Hall–Kier alpha value is -3.36. The molecule has 28 heavy (non-hydrogen) atoms. The summed E-state index contributed by atoms with van der Waals surface area (Å²) in [7, 11) is 0. The molecule has 2 aliphatic rings. The molecule has 0 aromatic carbocycles. The van der Waals surface area contributed by atoms with E-state index in [1.54, 1.807) is 18.3 Å². The predicted octanol–water partition coefficient (Wildman–Crippen LogP) is -0.314. The highest BCUT2D eigenvalue weighted by molar-refractivity contribution is 6.27. The van der Waals surface area contributed by atoms with Crippen molar-refractivity contribution in [2.24, 2.45) is 33.7 Å². The minimum absolute atomic E-state index is 0.0456. The minimum atomic E-state index is -0.602. The molecule has 150 valence electrons. The van der Waals surface area contributed by atoms with Crippen molar-refractivity contribution in [2.45, 2.75) is 43.8 Å². The zero-order valence-corrected chi connectivity index (χ0v) is 15.7. The quantitative estimate of drug-likeness (QED) is 0.222. The Morgan fingerprint density at radius 3 is 2.32 bits per heavy atom. The number of nitrogens with two attached hydrogens (primary N) is 5. The third-order valence-electron chi connectivity index (χ3n) is 5.30. The van der Waals surface area contributed by atoms with E-state index in [4.69, 9.17) is 33.7 Å². The number of rotatable bonds is 6. The summed E-state index contributed by atoms with van der Waals surface area (Å²) in [4.78, 5) is 22.0. The molecule has 3 atom stereocenters. The summed E-state index contributed by atoms with van der Waals surface area (Å²) in [5.74, 6) is 0.278. The lowest BCUT2D eigenvalue weighted by Crippen LogP contribution is -2.45. The molecule has 2 bridgehead atoms. The van der Waals surface area contributed by atoms with Crippen LogP contribution in [0.2, 0.25) is 0 Å². The maximum Gasteiger partial charge on any atom is 0.252 e. The predicted molar refractivity (Wildman–Crippen MR) is 109 cm³/mol. The normalized spacial score (nSPS) is 25.6. The zero-order chi connectivity index (χ0) is 20.3. The van der Waals surface area contributed by atoms with E-state index in [-0.39, 0.29) is 29.5 Å². The van der Waals surface area contributed by atoms with E-state index < -0.39 is 5.91 Å². The molecule has 3 rings (SSSR count). The van der Waals surface area contributed by atoms with Gasteiger partial charge in [0.25, 0.3) is 5.91 Å². The Balaban J connectivity index is 1.85. The monoisotopic (exact) mass is 384 g/mol. The second-order valence-electron chi connectivity index (χ2n) is 7.18. The van der Waals surface area contributed by atoms with Gasteiger partial charge in [0.05, 0.1) is 34.7 Å². The van der Waals surface area contributed by atoms with Crippen LogP contribution >= 0.6 is 0 Å². The van der Waals surface area contributed by atoms with Gasteiger partial charge in [-0.25, -0.2) is 0 Å². The van der Waals surface area contributed by atoms with Crippen LogP contribution in [0.15, 0.2) is 58.9 Å². The number of carbonyl (C=O) groups excluding carboxylic acids is 1. The molecular weight excluding hydrogens is 356 g/mol. The zero-order valence-electron chi connectivity index (χ0n) is 15.7. The smallest absolute Gasteiger partial charge is 0.252 e. The maximum atomic E-state index is 11.8. The number of nitrogens with one attached hydrogen (secondary N) is 1. The van der Waals surface area contributed by atoms with Gasteiger partial charge in [-0.2, -0.15) is 0 Å². The van der Waals surface area contributed by atoms with Gasteiger partial charge >= 0.3 is 0 Å².